The van der Waals surface area contributed by atoms with Crippen LogP contribution in [0, 0.1) is 11.3 Å². The highest BCUT2D eigenvalue weighted by Gasteiger charge is 2.42. The number of amides is 1. The van der Waals surface area contributed by atoms with Gasteiger partial charge in [-0.05, 0) is 43.2 Å². The molecule has 2 N–H and O–H groups in total. The van der Waals surface area contributed by atoms with Crippen LogP contribution in [0.1, 0.15) is 43.9 Å². The molecule has 0 unspecified atom stereocenters. The molecular formula is C17H25N3O. The maximum Gasteiger partial charge on any atom is 0.230 e. The van der Waals surface area contributed by atoms with E-state index >= 15 is 0 Å². The summed E-state index contributed by atoms with van der Waals surface area (Å²) in [5, 5.41) is 0. The van der Waals surface area contributed by atoms with Crippen molar-refractivity contribution in [3.05, 3.63) is 29.6 Å². The molecule has 1 aliphatic heterocycles. The molecule has 0 spiro atoms. The van der Waals surface area contributed by atoms with Crippen LogP contribution in [0.3, 0.4) is 0 Å². The fraction of sp³-hybridized carbons (Fsp3) is 0.647. The first-order chi connectivity index (χ1) is 10.1. The van der Waals surface area contributed by atoms with Crippen molar-refractivity contribution in [3.63, 3.8) is 0 Å². The maximum atomic E-state index is 13.0. The van der Waals surface area contributed by atoms with E-state index in [2.05, 4.69) is 18.0 Å². The third kappa shape index (κ3) is 2.69. The van der Waals surface area contributed by atoms with Gasteiger partial charge in [0.25, 0.3) is 0 Å². The molecule has 0 atom stereocenters. The number of pyridine rings is 1. The zero-order valence-electron chi connectivity index (χ0n) is 12.8. The Hall–Kier alpha value is -1.42. The maximum absolute atomic E-state index is 13.0. The van der Waals surface area contributed by atoms with E-state index in [9.17, 15) is 4.79 Å². The van der Waals surface area contributed by atoms with Crippen molar-refractivity contribution in [2.45, 2.75) is 45.6 Å². The lowest BCUT2D eigenvalue weighted by molar-refractivity contribution is -0.145. The smallest absolute Gasteiger partial charge is 0.230 e. The van der Waals surface area contributed by atoms with Gasteiger partial charge in [-0.2, -0.15) is 0 Å². The minimum atomic E-state index is -0.313. The zero-order valence-corrected chi connectivity index (χ0v) is 12.8. The molecule has 1 fully saturated rings. The monoisotopic (exact) mass is 287 g/mol. The molecule has 1 saturated carbocycles. The summed E-state index contributed by atoms with van der Waals surface area (Å²) in [6.45, 7) is 4.22. The van der Waals surface area contributed by atoms with Crippen LogP contribution in [0.25, 0.3) is 0 Å². The fourth-order valence-corrected chi connectivity index (χ4v) is 3.69. The van der Waals surface area contributed by atoms with E-state index in [4.69, 9.17) is 5.73 Å². The van der Waals surface area contributed by atoms with Crippen LogP contribution in [0.4, 0.5) is 0 Å². The van der Waals surface area contributed by atoms with E-state index in [-0.39, 0.29) is 11.3 Å². The highest BCUT2D eigenvalue weighted by atomic mass is 16.2. The van der Waals surface area contributed by atoms with Crippen LogP contribution in [-0.2, 0) is 17.8 Å². The Morgan fingerprint density at radius 2 is 2.24 bits per heavy atom. The summed E-state index contributed by atoms with van der Waals surface area (Å²) in [6.07, 6.45) is 6.82. The summed E-state index contributed by atoms with van der Waals surface area (Å²) in [5.74, 6) is 0.996. The lowest BCUT2D eigenvalue weighted by Gasteiger charge is -2.41. The first-order valence-corrected chi connectivity index (χ1v) is 8.07. The lowest BCUT2D eigenvalue weighted by Crippen LogP contribution is -2.51. The molecule has 0 aromatic carbocycles. The topological polar surface area (TPSA) is 59.2 Å². The Morgan fingerprint density at radius 1 is 1.48 bits per heavy atom. The molecular weight excluding hydrogens is 262 g/mol. The molecule has 2 aliphatic rings. The van der Waals surface area contributed by atoms with Gasteiger partial charge >= 0.3 is 0 Å². The van der Waals surface area contributed by atoms with Crippen LogP contribution in [0.2, 0.25) is 0 Å². The number of hydrogen-bond donors (Lipinski definition) is 1. The second-order valence-electron chi connectivity index (χ2n) is 6.75. The number of nitrogens with two attached hydrogens (primary N) is 1. The molecule has 4 nitrogen and oxygen atoms in total. The Morgan fingerprint density at radius 3 is 2.95 bits per heavy atom. The predicted molar refractivity (Wildman–Crippen MR) is 82.5 cm³/mol. The molecule has 114 valence electrons. The molecule has 0 bridgehead atoms. The molecule has 1 aromatic heterocycles. The van der Waals surface area contributed by atoms with Crippen LogP contribution in [-0.4, -0.2) is 28.9 Å². The van der Waals surface area contributed by atoms with Crippen molar-refractivity contribution in [1.82, 2.24) is 9.88 Å². The van der Waals surface area contributed by atoms with E-state index in [0.717, 1.165) is 50.3 Å². The SMILES string of the molecule is CC1CCC(CN)(C(=O)N2CCc3ncccc3C2)CC1. The summed E-state index contributed by atoms with van der Waals surface area (Å²) in [6, 6.07) is 4.04. The van der Waals surface area contributed by atoms with Gasteiger partial charge in [-0.15, -0.1) is 0 Å². The number of fused-ring (bicyclic) bond motifs is 1. The van der Waals surface area contributed by atoms with Gasteiger partial charge in [-0.3, -0.25) is 9.78 Å². The molecule has 3 rings (SSSR count). The standard InChI is InChI=1S/C17H25N3O/c1-13-4-7-17(12-18,8-5-13)16(21)20-10-6-15-14(11-20)3-2-9-19-15/h2-3,9,13H,4-8,10-12,18H2,1H3. The van der Waals surface area contributed by atoms with Crippen molar-refractivity contribution < 1.29 is 4.79 Å². The molecule has 4 heteroatoms. The molecule has 21 heavy (non-hydrogen) atoms. The molecule has 1 aliphatic carbocycles. The summed E-state index contributed by atoms with van der Waals surface area (Å²) in [7, 11) is 0. The molecule has 1 amide bonds. The largest absolute Gasteiger partial charge is 0.337 e. The second kappa shape index (κ2) is 5.76. The minimum absolute atomic E-state index is 0.270. The number of carbonyl (C=O) groups excluding carboxylic acids is 1. The van der Waals surface area contributed by atoms with Crippen molar-refractivity contribution in [1.29, 1.82) is 0 Å². The third-order valence-corrected chi connectivity index (χ3v) is 5.33. The number of nitrogens with zero attached hydrogens (tertiary/aromatic N) is 2. The van der Waals surface area contributed by atoms with Crippen molar-refractivity contribution in [2.75, 3.05) is 13.1 Å². The molecule has 0 saturated heterocycles. The van der Waals surface area contributed by atoms with E-state index < -0.39 is 0 Å². The predicted octanol–water partition coefficient (Wildman–Crippen LogP) is 2.12. The third-order valence-electron chi connectivity index (χ3n) is 5.33. The summed E-state index contributed by atoms with van der Waals surface area (Å²) in [4.78, 5) is 19.5. The van der Waals surface area contributed by atoms with Gasteiger partial charge in [0.15, 0.2) is 0 Å². The van der Waals surface area contributed by atoms with E-state index in [0.29, 0.717) is 13.1 Å². The molecule has 2 heterocycles. The normalized spacial score (nSPS) is 29.0. The van der Waals surface area contributed by atoms with Crippen molar-refractivity contribution in [3.8, 4) is 0 Å². The van der Waals surface area contributed by atoms with Crippen LogP contribution < -0.4 is 5.73 Å². The summed E-state index contributed by atoms with van der Waals surface area (Å²) >= 11 is 0. The highest BCUT2D eigenvalue weighted by molar-refractivity contribution is 5.83. The van der Waals surface area contributed by atoms with Crippen LogP contribution in [0.5, 0.6) is 0 Å². The Bertz CT molecular complexity index is 521. The van der Waals surface area contributed by atoms with Crippen molar-refractivity contribution in [2.24, 2.45) is 17.1 Å². The Labute approximate surface area is 126 Å². The van der Waals surface area contributed by atoms with Gasteiger partial charge in [-0.1, -0.05) is 13.0 Å². The van der Waals surface area contributed by atoms with E-state index in [1.54, 1.807) is 0 Å². The number of aromatic nitrogens is 1. The van der Waals surface area contributed by atoms with Gasteiger partial charge in [-0.25, -0.2) is 0 Å². The number of carbonyl (C=O) groups is 1. The van der Waals surface area contributed by atoms with Gasteiger partial charge < -0.3 is 10.6 Å². The average molecular weight is 287 g/mol. The van der Waals surface area contributed by atoms with Gasteiger partial charge in [0.2, 0.25) is 5.91 Å². The van der Waals surface area contributed by atoms with Gasteiger partial charge in [0.1, 0.15) is 0 Å². The fourth-order valence-electron chi connectivity index (χ4n) is 3.69. The molecule has 1 aromatic rings. The molecule has 0 radical (unpaired) electrons. The second-order valence-corrected chi connectivity index (χ2v) is 6.75. The lowest BCUT2D eigenvalue weighted by atomic mass is 9.70. The number of hydrogen-bond acceptors (Lipinski definition) is 3. The van der Waals surface area contributed by atoms with E-state index in [1.807, 2.05) is 17.2 Å². The zero-order chi connectivity index (χ0) is 14.9. The Kier molecular flexibility index (Phi) is 3.98. The summed E-state index contributed by atoms with van der Waals surface area (Å²) in [5.41, 5.74) is 8.04. The van der Waals surface area contributed by atoms with Gasteiger partial charge in [0.05, 0.1) is 5.41 Å². The summed E-state index contributed by atoms with van der Waals surface area (Å²) < 4.78 is 0. The highest BCUT2D eigenvalue weighted by Crippen LogP contribution is 2.40. The van der Waals surface area contributed by atoms with Gasteiger partial charge in [0, 0.05) is 37.9 Å². The van der Waals surface area contributed by atoms with E-state index in [1.165, 1.54) is 5.56 Å². The van der Waals surface area contributed by atoms with Crippen molar-refractivity contribution >= 4 is 5.91 Å². The number of rotatable bonds is 2. The minimum Gasteiger partial charge on any atom is -0.337 e. The van der Waals surface area contributed by atoms with Crippen LogP contribution in [0.15, 0.2) is 18.3 Å². The average Bonchev–Trinajstić information content (AvgIpc) is 2.55. The first-order valence-electron chi connectivity index (χ1n) is 8.07. The Balaban J connectivity index is 1.76. The quantitative estimate of drug-likeness (QED) is 0.906. The van der Waals surface area contributed by atoms with Crippen LogP contribution >= 0.6 is 0 Å². The first kappa shape index (κ1) is 14.5.